The van der Waals surface area contributed by atoms with E-state index in [0.717, 1.165) is 12.0 Å². The summed E-state index contributed by atoms with van der Waals surface area (Å²) in [4.78, 5) is 2.34. The van der Waals surface area contributed by atoms with E-state index < -0.39 is 0 Å². The molecule has 0 bridgehead atoms. The number of rotatable bonds is 1. The van der Waals surface area contributed by atoms with Crippen LogP contribution in [0.15, 0.2) is 0 Å². The Labute approximate surface area is 63.6 Å². The molecule has 2 atom stereocenters. The maximum Gasteiger partial charge on any atom is 0.0139 e. The Morgan fingerprint density at radius 1 is 1.40 bits per heavy atom. The molecule has 2 nitrogen and oxygen atoms in total. The highest BCUT2D eigenvalue weighted by Crippen LogP contribution is 2.14. The first kappa shape index (κ1) is 8.02. The van der Waals surface area contributed by atoms with Crippen molar-refractivity contribution in [3.63, 3.8) is 0 Å². The zero-order valence-electron chi connectivity index (χ0n) is 7.22. The van der Waals surface area contributed by atoms with Crippen LogP contribution in [0.2, 0.25) is 0 Å². The van der Waals surface area contributed by atoms with E-state index in [1.54, 1.807) is 0 Å². The predicted molar refractivity (Wildman–Crippen MR) is 44.1 cm³/mol. The summed E-state index contributed by atoms with van der Waals surface area (Å²) in [6, 6.07) is 0.793. The zero-order chi connectivity index (χ0) is 7.56. The molecule has 0 aromatic carbocycles. The summed E-state index contributed by atoms with van der Waals surface area (Å²) in [6.45, 7) is 4.69. The molecule has 2 heteroatoms. The quantitative estimate of drug-likeness (QED) is 0.575. The lowest BCUT2D eigenvalue weighted by molar-refractivity contribution is 0.178. The van der Waals surface area contributed by atoms with E-state index in [-0.39, 0.29) is 0 Å². The topological polar surface area (TPSA) is 15.3 Å². The summed E-state index contributed by atoms with van der Waals surface area (Å²) in [5.74, 6) is 0.809. The van der Waals surface area contributed by atoms with Crippen LogP contribution in [0.4, 0.5) is 0 Å². The number of nitrogens with one attached hydrogen (secondary N) is 1. The molecule has 0 aromatic rings. The van der Waals surface area contributed by atoms with Crippen LogP contribution in [-0.4, -0.2) is 38.1 Å². The van der Waals surface area contributed by atoms with Gasteiger partial charge in [0.25, 0.3) is 0 Å². The molecule has 2 unspecified atom stereocenters. The minimum atomic E-state index is 0.793. The molecule has 1 aliphatic heterocycles. The van der Waals surface area contributed by atoms with E-state index in [2.05, 4.69) is 31.2 Å². The van der Waals surface area contributed by atoms with E-state index in [0.29, 0.717) is 0 Å². The summed E-state index contributed by atoms with van der Waals surface area (Å²) in [5, 5.41) is 3.39. The molecule has 0 spiro atoms. The van der Waals surface area contributed by atoms with Crippen molar-refractivity contribution < 1.29 is 0 Å². The summed E-state index contributed by atoms with van der Waals surface area (Å²) in [5.41, 5.74) is 0. The maximum atomic E-state index is 3.39. The molecular weight excluding hydrogens is 124 g/mol. The Hall–Kier alpha value is -0.0800. The number of hydrogen-bond acceptors (Lipinski definition) is 2. The maximum absolute atomic E-state index is 3.39. The van der Waals surface area contributed by atoms with Crippen molar-refractivity contribution in [3.05, 3.63) is 0 Å². The Morgan fingerprint density at radius 3 is 2.50 bits per heavy atom. The number of piperidine rings is 1. The van der Waals surface area contributed by atoms with Crippen LogP contribution < -0.4 is 5.32 Å². The second-order valence-electron chi connectivity index (χ2n) is 3.50. The molecule has 1 fully saturated rings. The first-order valence-corrected chi connectivity index (χ1v) is 4.09. The van der Waals surface area contributed by atoms with Gasteiger partial charge in [-0.05, 0) is 39.5 Å². The minimum Gasteiger partial charge on any atom is -0.316 e. The van der Waals surface area contributed by atoms with E-state index in [4.69, 9.17) is 0 Å². The summed E-state index contributed by atoms with van der Waals surface area (Å²) in [6.07, 6.45) is 1.30. The molecule has 60 valence electrons. The fourth-order valence-corrected chi connectivity index (χ4v) is 1.77. The van der Waals surface area contributed by atoms with E-state index in [9.17, 15) is 0 Å². The number of nitrogens with zero attached hydrogens (tertiary/aromatic N) is 1. The van der Waals surface area contributed by atoms with Gasteiger partial charge in [-0.15, -0.1) is 0 Å². The average Bonchev–Trinajstić information content (AvgIpc) is 1.88. The van der Waals surface area contributed by atoms with Gasteiger partial charge in [0.2, 0.25) is 0 Å². The Morgan fingerprint density at radius 2 is 2.10 bits per heavy atom. The third-order valence-electron chi connectivity index (χ3n) is 2.40. The van der Waals surface area contributed by atoms with Gasteiger partial charge < -0.3 is 10.2 Å². The van der Waals surface area contributed by atoms with Gasteiger partial charge in [0.1, 0.15) is 0 Å². The van der Waals surface area contributed by atoms with Crippen LogP contribution in [0.1, 0.15) is 13.3 Å². The molecule has 0 aliphatic carbocycles. The van der Waals surface area contributed by atoms with Crippen LogP contribution in [0, 0.1) is 5.92 Å². The SMILES string of the molecule is CC1CNCCC1N(C)C. The van der Waals surface area contributed by atoms with Crippen LogP contribution >= 0.6 is 0 Å². The monoisotopic (exact) mass is 142 g/mol. The largest absolute Gasteiger partial charge is 0.316 e. The van der Waals surface area contributed by atoms with Crippen LogP contribution in [-0.2, 0) is 0 Å². The van der Waals surface area contributed by atoms with Crippen molar-refractivity contribution in [2.24, 2.45) is 5.92 Å². The normalized spacial score (nSPS) is 34.8. The van der Waals surface area contributed by atoms with Gasteiger partial charge in [-0.25, -0.2) is 0 Å². The van der Waals surface area contributed by atoms with Crippen molar-refractivity contribution in [1.29, 1.82) is 0 Å². The molecular formula is C8H18N2. The Bertz CT molecular complexity index is 101. The van der Waals surface area contributed by atoms with Gasteiger partial charge in [-0.3, -0.25) is 0 Å². The molecule has 1 heterocycles. The Balaban J connectivity index is 2.40. The molecule has 1 saturated heterocycles. The molecule has 1 rings (SSSR count). The van der Waals surface area contributed by atoms with Crippen molar-refractivity contribution in [1.82, 2.24) is 10.2 Å². The molecule has 0 radical (unpaired) electrons. The summed E-state index contributed by atoms with van der Waals surface area (Å²) >= 11 is 0. The lowest BCUT2D eigenvalue weighted by Gasteiger charge is -2.34. The molecule has 1 N–H and O–H groups in total. The minimum absolute atomic E-state index is 0.793. The van der Waals surface area contributed by atoms with Crippen LogP contribution in [0.5, 0.6) is 0 Å². The van der Waals surface area contributed by atoms with Gasteiger partial charge in [-0.2, -0.15) is 0 Å². The first-order chi connectivity index (χ1) is 4.72. The lowest BCUT2D eigenvalue weighted by atomic mass is 9.95. The lowest BCUT2D eigenvalue weighted by Crippen LogP contribution is -2.45. The highest BCUT2D eigenvalue weighted by atomic mass is 15.1. The first-order valence-electron chi connectivity index (χ1n) is 4.09. The second kappa shape index (κ2) is 3.35. The zero-order valence-corrected chi connectivity index (χ0v) is 7.22. The van der Waals surface area contributed by atoms with E-state index in [1.165, 1.54) is 19.5 Å². The van der Waals surface area contributed by atoms with Gasteiger partial charge in [0.15, 0.2) is 0 Å². The van der Waals surface area contributed by atoms with Gasteiger partial charge >= 0.3 is 0 Å². The summed E-state index contributed by atoms with van der Waals surface area (Å²) < 4.78 is 0. The smallest absolute Gasteiger partial charge is 0.0139 e. The average molecular weight is 142 g/mol. The fourth-order valence-electron chi connectivity index (χ4n) is 1.77. The van der Waals surface area contributed by atoms with E-state index >= 15 is 0 Å². The highest BCUT2D eigenvalue weighted by molar-refractivity contribution is 4.79. The molecule has 0 aromatic heterocycles. The van der Waals surface area contributed by atoms with Crippen molar-refractivity contribution >= 4 is 0 Å². The fraction of sp³-hybridized carbons (Fsp3) is 1.00. The molecule has 1 aliphatic rings. The summed E-state index contributed by atoms with van der Waals surface area (Å²) in [7, 11) is 4.35. The standard InChI is InChI=1S/C8H18N2/c1-7-6-9-5-4-8(7)10(2)3/h7-9H,4-6H2,1-3H3. The van der Waals surface area contributed by atoms with Crippen LogP contribution in [0.25, 0.3) is 0 Å². The molecule has 0 saturated carbocycles. The Kier molecular flexibility index (Phi) is 2.69. The molecule has 10 heavy (non-hydrogen) atoms. The van der Waals surface area contributed by atoms with Crippen molar-refractivity contribution in [2.45, 2.75) is 19.4 Å². The second-order valence-corrected chi connectivity index (χ2v) is 3.50. The van der Waals surface area contributed by atoms with Gasteiger partial charge in [0.05, 0.1) is 0 Å². The predicted octanol–water partition coefficient (Wildman–Crippen LogP) is 0.546. The molecule has 0 amide bonds. The third kappa shape index (κ3) is 1.70. The van der Waals surface area contributed by atoms with Crippen molar-refractivity contribution in [3.8, 4) is 0 Å². The van der Waals surface area contributed by atoms with Gasteiger partial charge in [0, 0.05) is 6.04 Å². The third-order valence-corrected chi connectivity index (χ3v) is 2.40. The number of hydrogen-bond donors (Lipinski definition) is 1. The van der Waals surface area contributed by atoms with Crippen molar-refractivity contribution in [2.75, 3.05) is 27.2 Å². The van der Waals surface area contributed by atoms with E-state index in [1.807, 2.05) is 0 Å². The highest BCUT2D eigenvalue weighted by Gasteiger charge is 2.21. The van der Waals surface area contributed by atoms with Gasteiger partial charge in [-0.1, -0.05) is 6.92 Å². The van der Waals surface area contributed by atoms with Crippen LogP contribution in [0.3, 0.4) is 0 Å².